The molecule has 0 spiro atoms. The van der Waals surface area contributed by atoms with Crippen LogP contribution >= 0.6 is 0 Å². The van der Waals surface area contributed by atoms with Crippen LogP contribution in [0, 0.1) is 0 Å². The topological polar surface area (TPSA) is 33.7 Å². The monoisotopic (exact) mass is 276 g/mol. The summed E-state index contributed by atoms with van der Waals surface area (Å²) in [5, 5.41) is 3.49. The molecular weight excluding hydrogens is 252 g/mol. The minimum absolute atomic E-state index is 0.533. The van der Waals surface area contributed by atoms with Gasteiger partial charge in [0.1, 0.15) is 13.2 Å². The third-order valence-corrected chi connectivity index (χ3v) is 4.26. The van der Waals surface area contributed by atoms with E-state index in [-0.39, 0.29) is 0 Å². The van der Waals surface area contributed by atoms with E-state index in [0.29, 0.717) is 19.3 Å². The summed E-state index contributed by atoms with van der Waals surface area (Å²) in [6.45, 7) is 8.87. The highest BCUT2D eigenvalue weighted by atomic mass is 16.6. The molecule has 1 aromatic carbocycles. The molecule has 0 aromatic heterocycles. The van der Waals surface area contributed by atoms with Crippen molar-refractivity contribution in [3.8, 4) is 11.5 Å². The number of benzene rings is 1. The van der Waals surface area contributed by atoms with Crippen molar-refractivity contribution in [3.05, 3.63) is 17.7 Å². The van der Waals surface area contributed by atoms with Crippen LogP contribution in [0.15, 0.2) is 12.1 Å². The number of hydrogen-bond donors (Lipinski definition) is 1. The lowest BCUT2D eigenvalue weighted by molar-refractivity contribution is 0.171. The van der Waals surface area contributed by atoms with Gasteiger partial charge in [0.05, 0.1) is 5.69 Å². The summed E-state index contributed by atoms with van der Waals surface area (Å²) in [4.78, 5) is 2.52. The highest BCUT2D eigenvalue weighted by Crippen LogP contribution is 2.43. The Balaban J connectivity index is 2.05. The normalized spacial score (nSPS) is 21.9. The van der Waals surface area contributed by atoms with Gasteiger partial charge < -0.3 is 19.7 Å². The molecule has 2 aliphatic heterocycles. The van der Waals surface area contributed by atoms with Crippen molar-refractivity contribution in [2.24, 2.45) is 0 Å². The average Bonchev–Trinajstić information content (AvgIpc) is 2.53. The molecular formula is C16H24N2O2. The van der Waals surface area contributed by atoms with E-state index in [2.05, 4.69) is 36.2 Å². The molecule has 0 amide bonds. The Kier molecular flexibility index (Phi) is 4.01. The smallest absolute Gasteiger partial charge is 0.184 e. The van der Waals surface area contributed by atoms with E-state index in [9.17, 15) is 0 Å². The number of rotatable bonds is 3. The summed E-state index contributed by atoms with van der Waals surface area (Å²) in [6.07, 6.45) is 2.16. The van der Waals surface area contributed by atoms with Crippen LogP contribution in [0.4, 0.5) is 5.69 Å². The van der Waals surface area contributed by atoms with Crippen LogP contribution in [0.3, 0.4) is 0 Å². The SMILES string of the molecule is CCc1ccc2c(c1N1CCNCC1CC)OCCO2. The standard InChI is InChI=1S/C16H24N2O2/c1-3-12-5-6-14-16(20-10-9-19-14)15(12)18-8-7-17-11-13(18)4-2/h5-6,13,17H,3-4,7-11H2,1-2H3. The molecule has 2 aliphatic rings. The van der Waals surface area contributed by atoms with Gasteiger partial charge in [-0.25, -0.2) is 0 Å². The Morgan fingerprint density at radius 3 is 2.90 bits per heavy atom. The molecule has 1 fully saturated rings. The number of nitrogens with zero attached hydrogens (tertiary/aromatic N) is 1. The number of aryl methyl sites for hydroxylation is 1. The number of hydrogen-bond acceptors (Lipinski definition) is 4. The molecule has 110 valence electrons. The van der Waals surface area contributed by atoms with Gasteiger partial charge in [0.25, 0.3) is 0 Å². The first-order chi connectivity index (χ1) is 9.85. The lowest BCUT2D eigenvalue weighted by Gasteiger charge is -2.40. The van der Waals surface area contributed by atoms with Gasteiger partial charge in [0, 0.05) is 25.7 Å². The minimum atomic E-state index is 0.533. The second kappa shape index (κ2) is 5.92. The van der Waals surface area contributed by atoms with Crippen molar-refractivity contribution >= 4 is 5.69 Å². The summed E-state index contributed by atoms with van der Waals surface area (Å²) in [5.74, 6) is 1.85. The van der Waals surface area contributed by atoms with E-state index in [4.69, 9.17) is 9.47 Å². The van der Waals surface area contributed by atoms with Gasteiger partial charge in [-0.1, -0.05) is 19.9 Å². The molecule has 1 saturated heterocycles. The third kappa shape index (κ3) is 2.33. The third-order valence-electron chi connectivity index (χ3n) is 4.26. The fourth-order valence-electron chi connectivity index (χ4n) is 3.16. The van der Waals surface area contributed by atoms with E-state index >= 15 is 0 Å². The van der Waals surface area contributed by atoms with Crippen LogP contribution in [0.5, 0.6) is 11.5 Å². The van der Waals surface area contributed by atoms with Gasteiger partial charge in [0.15, 0.2) is 11.5 Å². The largest absolute Gasteiger partial charge is 0.486 e. The van der Waals surface area contributed by atoms with Gasteiger partial charge in [-0.3, -0.25) is 0 Å². The molecule has 0 aliphatic carbocycles. The van der Waals surface area contributed by atoms with Gasteiger partial charge in [0.2, 0.25) is 0 Å². The summed E-state index contributed by atoms with van der Waals surface area (Å²) in [6, 6.07) is 4.78. The summed E-state index contributed by atoms with van der Waals surface area (Å²) < 4.78 is 11.7. The Morgan fingerprint density at radius 1 is 1.25 bits per heavy atom. The highest BCUT2D eigenvalue weighted by Gasteiger charge is 2.28. The van der Waals surface area contributed by atoms with Crippen molar-refractivity contribution < 1.29 is 9.47 Å². The van der Waals surface area contributed by atoms with Gasteiger partial charge in [-0.2, -0.15) is 0 Å². The Hall–Kier alpha value is -1.42. The van der Waals surface area contributed by atoms with E-state index in [1.165, 1.54) is 11.3 Å². The zero-order valence-electron chi connectivity index (χ0n) is 12.4. The molecule has 1 unspecified atom stereocenters. The number of ether oxygens (including phenoxy) is 2. The molecule has 3 rings (SSSR count). The molecule has 1 aromatic rings. The average molecular weight is 276 g/mol. The molecule has 0 saturated carbocycles. The molecule has 0 radical (unpaired) electrons. The fraction of sp³-hybridized carbons (Fsp3) is 0.625. The summed E-state index contributed by atoms with van der Waals surface area (Å²) >= 11 is 0. The highest BCUT2D eigenvalue weighted by molar-refractivity contribution is 5.70. The fourth-order valence-corrected chi connectivity index (χ4v) is 3.16. The van der Waals surface area contributed by atoms with Crippen LogP contribution in [0.25, 0.3) is 0 Å². The van der Waals surface area contributed by atoms with Crippen LogP contribution in [0.1, 0.15) is 25.8 Å². The zero-order chi connectivity index (χ0) is 13.9. The maximum atomic E-state index is 5.96. The van der Waals surface area contributed by atoms with Crippen molar-refractivity contribution in [3.63, 3.8) is 0 Å². The molecule has 1 atom stereocenters. The first-order valence-corrected chi connectivity index (χ1v) is 7.74. The molecule has 1 N–H and O–H groups in total. The maximum Gasteiger partial charge on any atom is 0.184 e. The Labute approximate surface area is 121 Å². The molecule has 0 bridgehead atoms. The van der Waals surface area contributed by atoms with Crippen LogP contribution < -0.4 is 19.7 Å². The number of piperazine rings is 1. The van der Waals surface area contributed by atoms with E-state index in [1.54, 1.807) is 0 Å². The Bertz CT molecular complexity index is 476. The van der Waals surface area contributed by atoms with Crippen LogP contribution in [-0.4, -0.2) is 38.9 Å². The number of fused-ring (bicyclic) bond motifs is 1. The predicted molar refractivity (Wildman–Crippen MR) is 81.1 cm³/mol. The first-order valence-electron chi connectivity index (χ1n) is 7.74. The zero-order valence-corrected chi connectivity index (χ0v) is 12.4. The summed E-state index contributed by atoms with van der Waals surface area (Å²) in [5.41, 5.74) is 2.62. The molecule has 2 heterocycles. The maximum absolute atomic E-state index is 5.96. The van der Waals surface area contributed by atoms with Crippen molar-refractivity contribution in [2.75, 3.05) is 37.7 Å². The van der Waals surface area contributed by atoms with E-state index in [0.717, 1.165) is 44.0 Å². The van der Waals surface area contributed by atoms with Crippen LogP contribution in [0.2, 0.25) is 0 Å². The summed E-state index contributed by atoms with van der Waals surface area (Å²) in [7, 11) is 0. The van der Waals surface area contributed by atoms with E-state index < -0.39 is 0 Å². The van der Waals surface area contributed by atoms with E-state index in [1.807, 2.05) is 0 Å². The second-order valence-corrected chi connectivity index (χ2v) is 5.41. The molecule has 20 heavy (non-hydrogen) atoms. The van der Waals surface area contributed by atoms with Crippen LogP contribution in [-0.2, 0) is 6.42 Å². The van der Waals surface area contributed by atoms with Crippen molar-refractivity contribution in [1.29, 1.82) is 0 Å². The second-order valence-electron chi connectivity index (χ2n) is 5.41. The van der Waals surface area contributed by atoms with Gasteiger partial charge in [-0.15, -0.1) is 0 Å². The van der Waals surface area contributed by atoms with Crippen molar-refractivity contribution in [2.45, 2.75) is 32.7 Å². The van der Waals surface area contributed by atoms with Gasteiger partial charge >= 0.3 is 0 Å². The quantitative estimate of drug-likeness (QED) is 0.918. The predicted octanol–water partition coefficient (Wildman–Crippen LogP) is 2.21. The number of anilines is 1. The minimum Gasteiger partial charge on any atom is -0.486 e. The Morgan fingerprint density at radius 2 is 2.10 bits per heavy atom. The molecule has 4 heteroatoms. The lowest BCUT2D eigenvalue weighted by atomic mass is 10.0. The van der Waals surface area contributed by atoms with Gasteiger partial charge in [-0.05, 0) is 24.5 Å². The molecule has 4 nitrogen and oxygen atoms in total. The first kappa shape index (κ1) is 13.6. The van der Waals surface area contributed by atoms with Crippen molar-refractivity contribution in [1.82, 2.24) is 5.32 Å². The number of nitrogens with one attached hydrogen (secondary N) is 1. The lowest BCUT2D eigenvalue weighted by Crippen LogP contribution is -2.51.